The van der Waals surface area contributed by atoms with Crippen LogP contribution in [0, 0.1) is 12.8 Å². The molecule has 11 nitrogen and oxygen atoms in total. The van der Waals surface area contributed by atoms with Crippen molar-refractivity contribution in [3.8, 4) is 5.95 Å². The lowest BCUT2D eigenvalue weighted by molar-refractivity contribution is -0.138. The van der Waals surface area contributed by atoms with Crippen LogP contribution in [0.3, 0.4) is 0 Å². The largest absolute Gasteiger partial charge is 0.425 e. The van der Waals surface area contributed by atoms with Gasteiger partial charge < -0.3 is 19.4 Å². The second-order valence-corrected chi connectivity index (χ2v) is 12.7. The summed E-state index contributed by atoms with van der Waals surface area (Å²) in [5, 5.41) is 3.51. The maximum absolute atomic E-state index is 13.7. The van der Waals surface area contributed by atoms with Gasteiger partial charge in [-0.2, -0.15) is 4.31 Å². The fraction of sp³-hybridized carbons (Fsp3) is 0.429. The van der Waals surface area contributed by atoms with Gasteiger partial charge in [0.1, 0.15) is 17.7 Å². The molecule has 0 bridgehead atoms. The zero-order valence-electron chi connectivity index (χ0n) is 22.0. The molecule has 2 aromatic heterocycles. The van der Waals surface area contributed by atoms with Gasteiger partial charge in [-0.3, -0.25) is 14.6 Å². The number of nitrogens with one attached hydrogen (secondary N) is 1. The molecule has 2 aliphatic heterocycles. The Balaban J connectivity index is 1.16. The molecule has 2 amide bonds. The molecule has 6 rings (SSSR count). The van der Waals surface area contributed by atoms with E-state index in [9.17, 15) is 22.8 Å². The minimum Gasteiger partial charge on any atom is -0.425 e. The monoisotopic (exact) mass is 566 g/mol. The molecule has 2 saturated heterocycles. The Morgan fingerprint density at radius 1 is 1.18 bits per heavy atom. The van der Waals surface area contributed by atoms with E-state index in [4.69, 9.17) is 9.15 Å². The smallest absolute Gasteiger partial charge is 0.415 e. The number of ether oxygens (including phenoxy) is 1. The third kappa shape index (κ3) is 5.08. The Kier molecular flexibility index (Phi) is 6.83. The first kappa shape index (κ1) is 26.5. The number of benzene rings is 1. The van der Waals surface area contributed by atoms with Crippen molar-refractivity contribution in [1.29, 1.82) is 0 Å². The number of rotatable bonds is 8. The molecule has 3 atom stereocenters. The van der Waals surface area contributed by atoms with Crippen LogP contribution in [0.2, 0.25) is 0 Å². The van der Waals surface area contributed by atoms with Crippen LogP contribution in [0.15, 0.2) is 53.2 Å². The number of aromatic nitrogens is 1. The average Bonchev–Trinajstić information content (AvgIpc) is 3.41. The van der Waals surface area contributed by atoms with Gasteiger partial charge in [0.05, 0.1) is 18.3 Å². The number of para-hydroxylation sites is 1. The van der Waals surface area contributed by atoms with Crippen molar-refractivity contribution in [3.63, 3.8) is 0 Å². The van der Waals surface area contributed by atoms with Crippen LogP contribution < -0.4 is 10.1 Å². The Morgan fingerprint density at radius 3 is 2.70 bits per heavy atom. The summed E-state index contributed by atoms with van der Waals surface area (Å²) < 4.78 is 38.8. The highest BCUT2D eigenvalue weighted by Gasteiger charge is 2.54. The summed E-state index contributed by atoms with van der Waals surface area (Å²) in [4.78, 5) is 45.1. The van der Waals surface area contributed by atoms with Crippen molar-refractivity contribution in [3.05, 3.63) is 59.9 Å². The number of sulfonamides is 1. The fourth-order valence-corrected chi connectivity index (χ4v) is 7.49. The van der Waals surface area contributed by atoms with Crippen molar-refractivity contribution in [1.82, 2.24) is 19.5 Å². The van der Waals surface area contributed by atoms with Gasteiger partial charge in [-0.25, -0.2) is 13.2 Å². The zero-order valence-corrected chi connectivity index (χ0v) is 22.8. The number of likely N-dealkylation sites (tertiary alicyclic amines) is 1. The highest BCUT2D eigenvalue weighted by atomic mass is 32.2. The summed E-state index contributed by atoms with van der Waals surface area (Å²) >= 11 is 0. The SMILES string of the molecule is Cc1c(OC(=O)NC(CC2CC2)C(=O)N2CCC3C2C(=O)CN3S(=O)(=O)Cc2cccnc2)oc2ccccc12. The number of Topliss-reactive ketones (excluding diaryl/α,β-unsaturated/α-hetero) is 1. The van der Waals surface area contributed by atoms with E-state index in [-0.39, 0.29) is 36.5 Å². The van der Waals surface area contributed by atoms with Crippen LogP contribution in [-0.2, 0) is 25.4 Å². The van der Waals surface area contributed by atoms with Gasteiger partial charge >= 0.3 is 6.09 Å². The summed E-state index contributed by atoms with van der Waals surface area (Å²) in [7, 11) is -3.81. The van der Waals surface area contributed by atoms with Crippen molar-refractivity contribution >= 4 is 38.8 Å². The van der Waals surface area contributed by atoms with Crippen LogP contribution in [0.4, 0.5) is 4.79 Å². The van der Waals surface area contributed by atoms with Gasteiger partial charge in [0.25, 0.3) is 5.95 Å². The van der Waals surface area contributed by atoms with Crippen LogP contribution in [0.5, 0.6) is 5.95 Å². The second-order valence-electron chi connectivity index (χ2n) is 10.7. The van der Waals surface area contributed by atoms with Crippen molar-refractivity contribution in [2.75, 3.05) is 13.1 Å². The first-order valence-corrected chi connectivity index (χ1v) is 15.0. The molecule has 3 aromatic rings. The number of carbonyl (C=O) groups excluding carboxylic acids is 3. The average molecular weight is 567 g/mol. The van der Waals surface area contributed by atoms with Gasteiger partial charge in [0.2, 0.25) is 15.9 Å². The molecule has 1 N–H and O–H groups in total. The Bertz CT molecular complexity index is 1570. The number of aryl methyl sites for hydroxylation is 1. The molecule has 0 spiro atoms. The van der Waals surface area contributed by atoms with Gasteiger partial charge in [0.15, 0.2) is 5.78 Å². The normalized spacial score (nSPS) is 21.9. The third-order valence-electron chi connectivity index (χ3n) is 7.93. The van der Waals surface area contributed by atoms with Crippen LogP contribution >= 0.6 is 0 Å². The predicted octanol–water partition coefficient (Wildman–Crippen LogP) is 2.78. The molecule has 4 heterocycles. The molecule has 1 aromatic carbocycles. The Morgan fingerprint density at radius 2 is 1.98 bits per heavy atom. The number of furan rings is 1. The fourth-order valence-electron chi connectivity index (χ4n) is 5.77. The summed E-state index contributed by atoms with van der Waals surface area (Å²) in [5.41, 5.74) is 1.78. The molecule has 1 saturated carbocycles. The van der Waals surface area contributed by atoms with Gasteiger partial charge in [0, 0.05) is 29.9 Å². The standard InChI is InChI=1S/C28H30N4O7S/c1-17-20-6-2-3-7-24(20)38-27(17)39-28(35)30-21(13-18-8-9-18)26(34)31-12-10-22-25(31)23(33)15-32(22)40(36,37)16-19-5-4-11-29-14-19/h2-7,11,14,18,21-22,25H,8-10,12-13,15-16H2,1H3,(H,30,35). The Labute approximate surface area is 231 Å². The number of hydrogen-bond donors (Lipinski definition) is 1. The first-order chi connectivity index (χ1) is 19.2. The molecule has 0 radical (unpaired) electrons. The number of nitrogens with zero attached hydrogens (tertiary/aromatic N) is 3. The lowest BCUT2D eigenvalue weighted by Crippen LogP contribution is -2.53. The molecule has 210 valence electrons. The number of ketones is 1. The topological polar surface area (TPSA) is 139 Å². The maximum Gasteiger partial charge on any atom is 0.415 e. The summed E-state index contributed by atoms with van der Waals surface area (Å²) in [6.45, 7) is 1.72. The molecule has 40 heavy (non-hydrogen) atoms. The highest BCUT2D eigenvalue weighted by Crippen LogP contribution is 2.37. The molecular weight excluding hydrogens is 536 g/mol. The van der Waals surface area contributed by atoms with E-state index in [0.717, 1.165) is 18.2 Å². The molecule has 3 fully saturated rings. The van der Waals surface area contributed by atoms with Crippen molar-refractivity contribution < 1.29 is 32.0 Å². The molecule has 3 aliphatic rings. The van der Waals surface area contributed by atoms with Gasteiger partial charge in [-0.1, -0.05) is 37.1 Å². The van der Waals surface area contributed by atoms with E-state index in [1.54, 1.807) is 31.3 Å². The van der Waals surface area contributed by atoms with Crippen LogP contribution in [0.25, 0.3) is 11.0 Å². The Hall–Kier alpha value is -3.77. The van der Waals surface area contributed by atoms with E-state index in [1.807, 2.05) is 18.2 Å². The summed E-state index contributed by atoms with van der Waals surface area (Å²) in [6.07, 6.45) is 4.88. The summed E-state index contributed by atoms with van der Waals surface area (Å²) in [5.74, 6) is -0.660. The molecule has 1 aliphatic carbocycles. The minimum absolute atomic E-state index is 0.0537. The van der Waals surface area contributed by atoms with E-state index >= 15 is 0 Å². The lowest BCUT2D eigenvalue weighted by atomic mass is 10.1. The highest BCUT2D eigenvalue weighted by molar-refractivity contribution is 7.88. The first-order valence-electron chi connectivity index (χ1n) is 13.4. The third-order valence-corrected chi connectivity index (χ3v) is 9.74. The number of pyridine rings is 1. The molecule has 3 unspecified atom stereocenters. The van der Waals surface area contributed by atoms with E-state index in [1.165, 1.54) is 15.4 Å². The van der Waals surface area contributed by atoms with Gasteiger partial charge in [-0.15, -0.1) is 0 Å². The molecular formula is C28H30N4O7S. The van der Waals surface area contributed by atoms with Crippen LogP contribution in [0.1, 0.15) is 36.8 Å². The number of carbonyl (C=O) groups is 3. The van der Waals surface area contributed by atoms with Gasteiger partial charge in [-0.05, 0) is 43.4 Å². The molecule has 12 heteroatoms. The van der Waals surface area contributed by atoms with E-state index < -0.39 is 40.1 Å². The van der Waals surface area contributed by atoms with E-state index in [2.05, 4.69) is 10.3 Å². The second kappa shape index (κ2) is 10.3. The van der Waals surface area contributed by atoms with Crippen LogP contribution in [-0.4, -0.2) is 71.6 Å². The quantitative estimate of drug-likeness (QED) is 0.439. The summed E-state index contributed by atoms with van der Waals surface area (Å²) in [6, 6.07) is 8.22. The minimum atomic E-state index is -3.81. The number of amides is 2. The predicted molar refractivity (Wildman–Crippen MR) is 144 cm³/mol. The lowest BCUT2D eigenvalue weighted by Gasteiger charge is -2.28. The number of hydrogen-bond acceptors (Lipinski definition) is 8. The maximum atomic E-state index is 13.7. The van der Waals surface area contributed by atoms with Crippen molar-refractivity contribution in [2.45, 2.75) is 56.5 Å². The van der Waals surface area contributed by atoms with E-state index in [0.29, 0.717) is 29.6 Å². The van der Waals surface area contributed by atoms with Crippen molar-refractivity contribution in [2.24, 2.45) is 5.92 Å². The zero-order chi connectivity index (χ0) is 28.0. The number of fused-ring (bicyclic) bond motifs is 2.